The second-order valence-electron chi connectivity index (χ2n) is 3.11. The zero-order chi connectivity index (χ0) is 9.26. The highest BCUT2D eigenvalue weighted by Gasteiger charge is 2.01. The summed E-state index contributed by atoms with van der Waals surface area (Å²) in [5.74, 6) is 0. The first-order valence-electron chi connectivity index (χ1n) is 4.23. The van der Waals surface area contributed by atoms with Gasteiger partial charge in [0.15, 0.2) is 0 Å². The Labute approximate surface area is 76.6 Å². The molecule has 0 aliphatic rings. The molecule has 0 aliphatic heterocycles. The highest BCUT2D eigenvalue weighted by Crippen LogP contribution is 2.18. The molecule has 0 amide bonds. The number of aryl methyl sites for hydroxylation is 1. The Morgan fingerprint density at radius 2 is 2.23 bits per heavy atom. The van der Waals surface area contributed by atoms with Gasteiger partial charge in [0.25, 0.3) is 0 Å². The van der Waals surface area contributed by atoms with Crippen molar-refractivity contribution in [2.24, 2.45) is 7.05 Å². The van der Waals surface area contributed by atoms with Crippen molar-refractivity contribution in [3.8, 4) is 0 Å². The molecule has 0 aliphatic carbocycles. The fourth-order valence-electron chi connectivity index (χ4n) is 1.61. The van der Waals surface area contributed by atoms with Gasteiger partial charge in [0.1, 0.15) is 0 Å². The normalized spacial score (nSPS) is 10.9. The molecule has 2 rings (SSSR count). The summed E-state index contributed by atoms with van der Waals surface area (Å²) in [7, 11) is 2.01. The van der Waals surface area contributed by atoms with E-state index in [-0.39, 0.29) is 0 Å². The lowest BCUT2D eigenvalue weighted by Crippen LogP contribution is -2.06. The quantitative estimate of drug-likeness (QED) is 0.683. The summed E-state index contributed by atoms with van der Waals surface area (Å²) in [5.41, 5.74) is 4.48. The average Bonchev–Trinajstić information content (AvgIpc) is 2.50. The summed E-state index contributed by atoms with van der Waals surface area (Å²) in [5, 5.41) is 9.82. The molecular formula is C10H12N2O. The third kappa shape index (κ3) is 1.32. The summed E-state index contributed by atoms with van der Waals surface area (Å²) >= 11 is 0. The van der Waals surface area contributed by atoms with Gasteiger partial charge in [-0.25, -0.2) is 5.48 Å². The Morgan fingerprint density at radius 3 is 3.00 bits per heavy atom. The van der Waals surface area contributed by atoms with Gasteiger partial charge in [0, 0.05) is 30.7 Å². The van der Waals surface area contributed by atoms with Gasteiger partial charge in [-0.3, -0.25) is 0 Å². The van der Waals surface area contributed by atoms with E-state index in [0.29, 0.717) is 6.54 Å². The number of hydrogen-bond acceptors (Lipinski definition) is 2. The lowest BCUT2D eigenvalue weighted by Gasteiger charge is -2.02. The lowest BCUT2D eigenvalue weighted by atomic mass is 10.1. The van der Waals surface area contributed by atoms with Crippen molar-refractivity contribution in [2.75, 3.05) is 0 Å². The Balaban J connectivity index is 2.63. The van der Waals surface area contributed by atoms with Crippen molar-refractivity contribution < 1.29 is 5.21 Å². The minimum Gasteiger partial charge on any atom is -0.351 e. The van der Waals surface area contributed by atoms with Crippen LogP contribution in [0.3, 0.4) is 0 Å². The standard InChI is InChI=1S/C10H12N2O/c1-12-6-5-9-8(7-11-13)3-2-4-10(9)12/h2-6,11,13H,7H2,1H3. The fourth-order valence-corrected chi connectivity index (χ4v) is 1.61. The van der Waals surface area contributed by atoms with E-state index in [4.69, 9.17) is 5.21 Å². The number of nitrogens with one attached hydrogen (secondary N) is 1. The summed E-state index contributed by atoms with van der Waals surface area (Å²) in [4.78, 5) is 0. The zero-order valence-corrected chi connectivity index (χ0v) is 7.49. The second kappa shape index (κ2) is 3.20. The molecule has 0 bridgehead atoms. The van der Waals surface area contributed by atoms with Crippen molar-refractivity contribution in [2.45, 2.75) is 6.54 Å². The molecule has 0 spiro atoms. The van der Waals surface area contributed by atoms with Gasteiger partial charge in [-0.15, -0.1) is 0 Å². The molecule has 1 aromatic carbocycles. The number of nitrogens with zero attached hydrogens (tertiary/aromatic N) is 1. The number of benzene rings is 1. The predicted molar refractivity (Wildman–Crippen MR) is 51.5 cm³/mol. The molecule has 3 heteroatoms. The van der Waals surface area contributed by atoms with Gasteiger partial charge in [-0.1, -0.05) is 12.1 Å². The molecule has 0 saturated heterocycles. The highest BCUT2D eigenvalue weighted by atomic mass is 16.5. The molecule has 0 saturated carbocycles. The largest absolute Gasteiger partial charge is 0.351 e. The van der Waals surface area contributed by atoms with Crippen LogP contribution in [0.2, 0.25) is 0 Å². The number of hydroxylamine groups is 1. The van der Waals surface area contributed by atoms with E-state index in [1.165, 1.54) is 10.9 Å². The van der Waals surface area contributed by atoms with E-state index < -0.39 is 0 Å². The number of hydrogen-bond donors (Lipinski definition) is 2. The van der Waals surface area contributed by atoms with E-state index in [0.717, 1.165) is 5.56 Å². The molecular weight excluding hydrogens is 164 g/mol. The maximum atomic E-state index is 8.63. The molecule has 1 aromatic heterocycles. The van der Waals surface area contributed by atoms with Gasteiger partial charge < -0.3 is 9.77 Å². The molecule has 68 valence electrons. The average molecular weight is 176 g/mol. The highest BCUT2D eigenvalue weighted by molar-refractivity contribution is 5.83. The summed E-state index contributed by atoms with van der Waals surface area (Å²) in [6.45, 7) is 0.487. The third-order valence-electron chi connectivity index (χ3n) is 2.29. The topological polar surface area (TPSA) is 37.2 Å². The lowest BCUT2D eigenvalue weighted by molar-refractivity contribution is 0.161. The molecule has 2 N–H and O–H groups in total. The molecule has 2 aromatic rings. The molecule has 0 fully saturated rings. The zero-order valence-electron chi connectivity index (χ0n) is 7.49. The first-order chi connectivity index (χ1) is 6.33. The van der Waals surface area contributed by atoms with E-state index in [1.807, 2.05) is 25.4 Å². The third-order valence-corrected chi connectivity index (χ3v) is 2.29. The van der Waals surface area contributed by atoms with Crippen LogP contribution in [0.1, 0.15) is 5.56 Å². The summed E-state index contributed by atoms with van der Waals surface area (Å²) in [6, 6.07) is 8.12. The molecule has 0 radical (unpaired) electrons. The fraction of sp³-hybridized carbons (Fsp3) is 0.200. The Morgan fingerprint density at radius 1 is 1.38 bits per heavy atom. The SMILES string of the molecule is Cn1ccc2c(CNO)cccc21. The van der Waals surface area contributed by atoms with E-state index >= 15 is 0 Å². The Hall–Kier alpha value is -1.32. The van der Waals surface area contributed by atoms with Crippen LogP contribution in [0.4, 0.5) is 0 Å². The first-order valence-corrected chi connectivity index (χ1v) is 4.23. The molecule has 3 nitrogen and oxygen atoms in total. The Bertz CT molecular complexity index is 420. The number of fused-ring (bicyclic) bond motifs is 1. The van der Waals surface area contributed by atoms with Gasteiger partial charge in [0.2, 0.25) is 0 Å². The van der Waals surface area contributed by atoms with Crippen LogP contribution >= 0.6 is 0 Å². The molecule has 0 unspecified atom stereocenters. The van der Waals surface area contributed by atoms with Crippen LogP contribution in [0, 0.1) is 0 Å². The number of rotatable bonds is 2. The van der Waals surface area contributed by atoms with Gasteiger partial charge in [-0.05, 0) is 17.7 Å². The number of aromatic nitrogens is 1. The van der Waals surface area contributed by atoms with Gasteiger partial charge in [0.05, 0.1) is 0 Å². The molecule has 1 heterocycles. The van der Waals surface area contributed by atoms with Crippen molar-refractivity contribution in [1.29, 1.82) is 0 Å². The minimum atomic E-state index is 0.487. The molecule has 13 heavy (non-hydrogen) atoms. The summed E-state index contributed by atoms with van der Waals surface area (Å²) < 4.78 is 2.07. The van der Waals surface area contributed by atoms with Crippen molar-refractivity contribution in [3.05, 3.63) is 36.0 Å². The van der Waals surface area contributed by atoms with Crippen molar-refractivity contribution in [1.82, 2.24) is 10.0 Å². The second-order valence-corrected chi connectivity index (χ2v) is 3.11. The predicted octanol–water partition coefficient (Wildman–Crippen LogP) is 1.66. The Kier molecular flexibility index (Phi) is 2.04. The van der Waals surface area contributed by atoms with E-state index in [2.05, 4.69) is 22.2 Å². The van der Waals surface area contributed by atoms with Crippen molar-refractivity contribution >= 4 is 10.9 Å². The van der Waals surface area contributed by atoms with Crippen LogP contribution < -0.4 is 5.48 Å². The molecule has 0 atom stereocenters. The van der Waals surface area contributed by atoms with Crippen LogP contribution in [0.25, 0.3) is 10.9 Å². The van der Waals surface area contributed by atoms with Crippen LogP contribution in [-0.2, 0) is 13.6 Å². The van der Waals surface area contributed by atoms with Gasteiger partial charge in [-0.2, -0.15) is 0 Å². The van der Waals surface area contributed by atoms with Crippen LogP contribution in [0.15, 0.2) is 30.5 Å². The van der Waals surface area contributed by atoms with E-state index in [1.54, 1.807) is 0 Å². The first kappa shape index (κ1) is 8.29. The van der Waals surface area contributed by atoms with Gasteiger partial charge >= 0.3 is 0 Å². The maximum absolute atomic E-state index is 8.63. The van der Waals surface area contributed by atoms with Crippen LogP contribution in [0.5, 0.6) is 0 Å². The van der Waals surface area contributed by atoms with E-state index in [9.17, 15) is 0 Å². The van der Waals surface area contributed by atoms with Crippen molar-refractivity contribution in [3.63, 3.8) is 0 Å². The minimum absolute atomic E-state index is 0.487. The van der Waals surface area contributed by atoms with Crippen LogP contribution in [-0.4, -0.2) is 9.77 Å². The monoisotopic (exact) mass is 176 g/mol. The smallest absolute Gasteiger partial charge is 0.0480 e. The maximum Gasteiger partial charge on any atom is 0.0480 e. The summed E-state index contributed by atoms with van der Waals surface area (Å²) in [6.07, 6.45) is 2.02.